The number of H-pyrrole nitrogens is 1. The fourth-order valence-corrected chi connectivity index (χ4v) is 5.25. The summed E-state index contributed by atoms with van der Waals surface area (Å²) in [6, 6.07) is 1.62. The number of sulfonamides is 1. The molecular formula is C14H21ClN2O2S. The van der Waals surface area contributed by atoms with Crippen molar-refractivity contribution in [1.29, 1.82) is 0 Å². The van der Waals surface area contributed by atoms with Gasteiger partial charge in [-0.15, -0.1) is 11.6 Å². The Morgan fingerprint density at radius 3 is 2.75 bits per heavy atom. The number of hydrogen-bond donors (Lipinski definition) is 1. The molecule has 2 fully saturated rings. The van der Waals surface area contributed by atoms with Gasteiger partial charge in [-0.2, -0.15) is 0 Å². The molecule has 2 aliphatic rings. The van der Waals surface area contributed by atoms with Crippen LogP contribution in [0.2, 0.25) is 0 Å². The van der Waals surface area contributed by atoms with Crippen molar-refractivity contribution in [2.24, 2.45) is 17.8 Å². The lowest BCUT2D eigenvalue weighted by Crippen LogP contribution is -2.33. The first-order valence-corrected chi connectivity index (χ1v) is 9.17. The predicted molar refractivity (Wildman–Crippen MR) is 79.1 cm³/mol. The molecular weight excluding hydrogens is 296 g/mol. The first kappa shape index (κ1) is 14.4. The van der Waals surface area contributed by atoms with Crippen LogP contribution < -0.4 is 0 Å². The maximum atomic E-state index is 12.5. The molecule has 6 heteroatoms. The minimum Gasteiger partial charge on any atom is -0.363 e. The van der Waals surface area contributed by atoms with E-state index in [-0.39, 0.29) is 0 Å². The van der Waals surface area contributed by atoms with Crippen LogP contribution in [0.4, 0.5) is 0 Å². The molecule has 3 unspecified atom stereocenters. The predicted octanol–water partition coefficient (Wildman–Crippen LogP) is 2.81. The van der Waals surface area contributed by atoms with Gasteiger partial charge in [-0.25, -0.2) is 12.7 Å². The van der Waals surface area contributed by atoms with Crippen molar-refractivity contribution in [3.63, 3.8) is 0 Å². The molecule has 4 nitrogen and oxygen atoms in total. The molecule has 3 atom stereocenters. The highest BCUT2D eigenvalue weighted by Gasteiger charge is 2.40. The van der Waals surface area contributed by atoms with Crippen LogP contribution in [0.15, 0.2) is 17.2 Å². The maximum absolute atomic E-state index is 12.5. The quantitative estimate of drug-likeness (QED) is 0.849. The standard InChI is InChI=1S/C14H21ClN2O2S/c1-17(9-12-5-10-2-3-11(12)4-10)20(18,19)14-6-13(7-15)16-8-14/h6,8,10-12,16H,2-5,7,9H2,1H3. The molecule has 2 bridgehead atoms. The zero-order chi connectivity index (χ0) is 14.3. The molecule has 0 aromatic carbocycles. The molecule has 0 saturated heterocycles. The second kappa shape index (κ2) is 5.35. The number of nitrogens with one attached hydrogen (secondary N) is 1. The lowest BCUT2D eigenvalue weighted by molar-refractivity contribution is 0.280. The smallest absolute Gasteiger partial charge is 0.244 e. The topological polar surface area (TPSA) is 53.2 Å². The highest BCUT2D eigenvalue weighted by atomic mass is 35.5. The zero-order valence-corrected chi connectivity index (χ0v) is 13.3. The second-order valence-electron chi connectivity index (χ2n) is 6.21. The Morgan fingerprint density at radius 2 is 2.20 bits per heavy atom. The minimum absolute atomic E-state index is 0.297. The van der Waals surface area contributed by atoms with Gasteiger partial charge in [0.15, 0.2) is 0 Å². The van der Waals surface area contributed by atoms with E-state index < -0.39 is 10.0 Å². The number of aromatic nitrogens is 1. The largest absolute Gasteiger partial charge is 0.363 e. The first-order valence-electron chi connectivity index (χ1n) is 7.20. The van der Waals surface area contributed by atoms with Gasteiger partial charge < -0.3 is 4.98 Å². The third-order valence-corrected chi connectivity index (χ3v) is 7.03. The molecule has 1 heterocycles. The summed E-state index contributed by atoms with van der Waals surface area (Å²) in [5.41, 5.74) is 0.735. The molecule has 1 aromatic heterocycles. The number of rotatable bonds is 5. The molecule has 2 saturated carbocycles. The van der Waals surface area contributed by atoms with E-state index in [1.165, 1.54) is 36.2 Å². The van der Waals surface area contributed by atoms with E-state index in [0.717, 1.165) is 17.5 Å². The average molecular weight is 317 g/mol. The Balaban J connectivity index is 1.70. The minimum atomic E-state index is -3.39. The van der Waals surface area contributed by atoms with Gasteiger partial charge in [0.05, 0.1) is 10.8 Å². The molecule has 0 amide bonds. The van der Waals surface area contributed by atoms with Crippen LogP contribution in [0, 0.1) is 17.8 Å². The summed E-state index contributed by atoms with van der Waals surface area (Å²) in [6.07, 6.45) is 6.66. The fourth-order valence-electron chi connectivity index (χ4n) is 3.85. The van der Waals surface area contributed by atoms with Crippen LogP contribution in [0.1, 0.15) is 31.4 Å². The SMILES string of the molecule is CN(CC1CC2CCC1C2)S(=O)(=O)c1c[nH]c(CCl)c1. The van der Waals surface area contributed by atoms with Gasteiger partial charge in [0.2, 0.25) is 10.0 Å². The Morgan fingerprint density at radius 1 is 1.40 bits per heavy atom. The molecule has 0 spiro atoms. The van der Waals surface area contributed by atoms with Crippen molar-refractivity contribution in [3.05, 3.63) is 18.0 Å². The highest BCUT2D eigenvalue weighted by molar-refractivity contribution is 7.89. The lowest BCUT2D eigenvalue weighted by Gasteiger charge is -2.26. The van der Waals surface area contributed by atoms with Crippen LogP contribution in [-0.4, -0.2) is 31.3 Å². The molecule has 3 rings (SSSR count). The summed E-state index contributed by atoms with van der Waals surface area (Å²) in [7, 11) is -1.70. The van der Waals surface area contributed by atoms with Crippen LogP contribution >= 0.6 is 11.6 Å². The number of fused-ring (bicyclic) bond motifs is 2. The van der Waals surface area contributed by atoms with E-state index in [1.54, 1.807) is 13.1 Å². The molecule has 20 heavy (non-hydrogen) atoms. The molecule has 0 radical (unpaired) electrons. The number of hydrogen-bond acceptors (Lipinski definition) is 2. The number of alkyl halides is 1. The Labute approximate surface area is 125 Å². The van der Waals surface area contributed by atoms with E-state index in [4.69, 9.17) is 11.6 Å². The molecule has 1 N–H and O–H groups in total. The molecule has 2 aliphatic carbocycles. The van der Waals surface area contributed by atoms with E-state index >= 15 is 0 Å². The highest BCUT2D eigenvalue weighted by Crippen LogP contribution is 2.48. The fraction of sp³-hybridized carbons (Fsp3) is 0.714. The maximum Gasteiger partial charge on any atom is 0.244 e. The van der Waals surface area contributed by atoms with Crippen LogP contribution in [-0.2, 0) is 15.9 Å². The molecule has 1 aromatic rings. The summed E-state index contributed by atoms with van der Waals surface area (Å²) in [5.74, 6) is 2.42. The summed E-state index contributed by atoms with van der Waals surface area (Å²) >= 11 is 5.71. The van der Waals surface area contributed by atoms with Crippen molar-refractivity contribution >= 4 is 21.6 Å². The Kier molecular flexibility index (Phi) is 3.86. The molecule has 112 valence electrons. The van der Waals surface area contributed by atoms with Crippen LogP contribution in [0.25, 0.3) is 0 Å². The van der Waals surface area contributed by atoms with Crippen molar-refractivity contribution in [1.82, 2.24) is 9.29 Å². The number of halogens is 1. The van der Waals surface area contributed by atoms with Gasteiger partial charge in [0.1, 0.15) is 0 Å². The van der Waals surface area contributed by atoms with Gasteiger partial charge >= 0.3 is 0 Å². The Hall–Kier alpha value is -0.520. The van der Waals surface area contributed by atoms with Crippen LogP contribution in [0.5, 0.6) is 0 Å². The summed E-state index contributed by atoms with van der Waals surface area (Å²) in [5, 5.41) is 0. The van der Waals surface area contributed by atoms with Gasteiger partial charge in [-0.3, -0.25) is 0 Å². The van der Waals surface area contributed by atoms with Crippen molar-refractivity contribution in [2.75, 3.05) is 13.6 Å². The third-order valence-electron chi connectivity index (χ3n) is 4.94. The third kappa shape index (κ3) is 2.51. The van der Waals surface area contributed by atoms with Crippen molar-refractivity contribution < 1.29 is 8.42 Å². The van der Waals surface area contributed by atoms with E-state index in [0.29, 0.717) is 23.2 Å². The van der Waals surface area contributed by atoms with E-state index in [9.17, 15) is 8.42 Å². The van der Waals surface area contributed by atoms with Gasteiger partial charge in [-0.1, -0.05) is 6.42 Å². The van der Waals surface area contributed by atoms with Gasteiger partial charge in [0.25, 0.3) is 0 Å². The lowest BCUT2D eigenvalue weighted by atomic mass is 9.89. The Bertz CT molecular complexity index is 584. The first-order chi connectivity index (χ1) is 9.50. The normalized spacial score (nSPS) is 29.4. The van der Waals surface area contributed by atoms with Crippen LogP contribution in [0.3, 0.4) is 0 Å². The average Bonchev–Trinajstić information content (AvgIpc) is 3.14. The number of aromatic amines is 1. The van der Waals surface area contributed by atoms with Crippen molar-refractivity contribution in [2.45, 2.75) is 36.5 Å². The number of nitrogens with zero attached hydrogens (tertiary/aromatic N) is 1. The van der Waals surface area contributed by atoms with E-state index in [1.807, 2.05) is 0 Å². The summed E-state index contributed by atoms with van der Waals surface area (Å²) < 4.78 is 26.5. The van der Waals surface area contributed by atoms with Crippen molar-refractivity contribution in [3.8, 4) is 0 Å². The monoisotopic (exact) mass is 316 g/mol. The summed E-state index contributed by atoms with van der Waals surface area (Å²) in [4.78, 5) is 3.22. The summed E-state index contributed by atoms with van der Waals surface area (Å²) in [6.45, 7) is 0.644. The zero-order valence-electron chi connectivity index (χ0n) is 11.7. The molecule has 0 aliphatic heterocycles. The van der Waals surface area contributed by atoms with Gasteiger partial charge in [-0.05, 0) is 43.1 Å². The van der Waals surface area contributed by atoms with Gasteiger partial charge in [0, 0.05) is 25.5 Å². The van der Waals surface area contributed by atoms with E-state index in [2.05, 4.69) is 4.98 Å². The second-order valence-corrected chi connectivity index (χ2v) is 8.53.